The van der Waals surface area contributed by atoms with E-state index in [1.165, 1.54) is 25.7 Å². The van der Waals surface area contributed by atoms with Gasteiger partial charge in [-0.05, 0) is 68.3 Å². The van der Waals surface area contributed by atoms with E-state index in [-0.39, 0.29) is 5.82 Å². The van der Waals surface area contributed by atoms with Crippen molar-refractivity contribution in [3.63, 3.8) is 0 Å². The molecule has 0 radical (unpaired) electrons. The summed E-state index contributed by atoms with van der Waals surface area (Å²) in [6, 6.07) is 5.99. The van der Waals surface area contributed by atoms with Crippen molar-refractivity contribution in [3.8, 4) is 0 Å². The van der Waals surface area contributed by atoms with E-state index in [4.69, 9.17) is 0 Å². The van der Waals surface area contributed by atoms with Crippen molar-refractivity contribution in [2.24, 2.45) is 5.92 Å². The molecule has 1 aliphatic rings. The summed E-state index contributed by atoms with van der Waals surface area (Å²) in [4.78, 5) is 2.28. The van der Waals surface area contributed by atoms with Crippen LogP contribution < -0.4 is 10.2 Å². The maximum atomic E-state index is 13.9. The fourth-order valence-electron chi connectivity index (χ4n) is 3.19. The lowest BCUT2D eigenvalue weighted by molar-refractivity contribution is 0.340. The maximum absolute atomic E-state index is 13.9. The summed E-state index contributed by atoms with van der Waals surface area (Å²) >= 11 is 0. The van der Waals surface area contributed by atoms with Crippen LogP contribution in [0.4, 0.5) is 10.1 Å². The van der Waals surface area contributed by atoms with Crippen LogP contribution in [-0.2, 0) is 6.54 Å². The smallest absolute Gasteiger partial charge is 0.125 e. The van der Waals surface area contributed by atoms with Crippen molar-refractivity contribution < 1.29 is 4.39 Å². The molecule has 1 N–H and O–H groups in total. The first-order chi connectivity index (χ1) is 10.1. The van der Waals surface area contributed by atoms with Crippen molar-refractivity contribution in [2.75, 3.05) is 18.5 Å². The van der Waals surface area contributed by atoms with Crippen molar-refractivity contribution in [1.82, 2.24) is 5.32 Å². The molecule has 1 fully saturated rings. The molecule has 118 valence electrons. The van der Waals surface area contributed by atoms with Gasteiger partial charge in [-0.3, -0.25) is 0 Å². The van der Waals surface area contributed by atoms with Gasteiger partial charge in [-0.1, -0.05) is 13.8 Å². The Morgan fingerprint density at radius 3 is 2.57 bits per heavy atom. The summed E-state index contributed by atoms with van der Waals surface area (Å²) in [5, 5.41) is 3.34. The molecule has 0 spiro atoms. The predicted molar refractivity (Wildman–Crippen MR) is 88.2 cm³/mol. The van der Waals surface area contributed by atoms with Crippen molar-refractivity contribution in [1.29, 1.82) is 0 Å². The van der Waals surface area contributed by atoms with E-state index >= 15 is 0 Å². The molecular weight excluding hydrogens is 263 g/mol. The van der Waals surface area contributed by atoms with E-state index in [0.717, 1.165) is 36.7 Å². The van der Waals surface area contributed by atoms with Gasteiger partial charge in [-0.2, -0.15) is 0 Å². The first-order valence-corrected chi connectivity index (χ1v) is 8.33. The van der Waals surface area contributed by atoms with Crippen LogP contribution in [0.2, 0.25) is 0 Å². The SMILES string of the molecule is CCCNCc1cc(F)cc(N(C)C2CCC(C)CC2)c1. The number of anilines is 1. The van der Waals surface area contributed by atoms with Crippen LogP contribution in [0.1, 0.15) is 51.5 Å². The Labute approximate surface area is 128 Å². The van der Waals surface area contributed by atoms with Gasteiger partial charge in [0.15, 0.2) is 0 Å². The average Bonchev–Trinajstić information content (AvgIpc) is 2.47. The standard InChI is InChI=1S/C18H29FN2/c1-4-9-20-13-15-10-16(19)12-18(11-15)21(3)17-7-5-14(2)6-8-17/h10-12,14,17,20H,4-9,13H2,1-3H3. The lowest BCUT2D eigenvalue weighted by Gasteiger charge is -2.35. The molecule has 1 aromatic carbocycles. The normalized spacial score (nSPS) is 22.3. The molecule has 2 nitrogen and oxygen atoms in total. The quantitative estimate of drug-likeness (QED) is 0.785. The van der Waals surface area contributed by atoms with E-state index in [2.05, 4.69) is 37.2 Å². The highest BCUT2D eigenvalue weighted by Gasteiger charge is 2.22. The molecule has 1 aliphatic carbocycles. The van der Waals surface area contributed by atoms with E-state index in [1.807, 2.05) is 0 Å². The van der Waals surface area contributed by atoms with Crippen LogP contribution >= 0.6 is 0 Å². The fourth-order valence-corrected chi connectivity index (χ4v) is 3.19. The van der Waals surface area contributed by atoms with Crippen LogP contribution in [0.3, 0.4) is 0 Å². The number of nitrogens with zero attached hydrogens (tertiary/aromatic N) is 1. The summed E-state index contributed by atoms with van der Waals surface area (Å²) in [5.74, 6) is 0.716. The van der Waals surface area contributed by atoms with Gasteiger partial charge in [0.25, 0.3) is 0 Å². The van der Waals surface area contributed by atoms with Gasteiger partial charge in [0.1, 0.15) is 5.82 Å². The van der Waals surface area contributed by atoms with E-state index < -0.39 is 0 Å². The minimum atomic E-state index is -0.128. The first kappa shape index (κ1) is 16.3. The van der Waals surface area contributed by atoms with Crippen LogP contribution in [0.15, 0.2) is 18.2 Å². The molecule has 1 saturated carbocycles. The molecule has 0 atom stereocenters. The van der Waals surface area contributed by atoms with Crippen molar-refractivity contribution >= 4 is 5.69 Å². The molecule has 1 aromatic rings. The van der Waals surface area contributed by atoms with Gasteiger partial charge < -0.3 is 10.2 Å². The highest BCUT2D eigenvalue weighted by molar-refractivity contribution is 5.49. The molecule has 0 aromatic heterocycles. The van der Waals surface area contributed by atoms with Crippen LogP contribution in [0.25, 0.3) is 0 Å². The highest BCUT2D eigenvalue weighted by atomic mass is 19.1. The van der Waals surface area contributed by atoms with E-state index in [9.17, 15) is 4.39 Å². The molecule has 21 heavy (non-hydrogen) atoms. The summed E-state index contributed by atoms with van der Waals surface area (Å²) in [6.07, 6.45) is 6.11. The second kappa shape index (κ2) is 7.79. The number of hydrogen-bond donors (Lipinski definition) is 1. The van der Waals surface area contributed by atoms with Gasteiger partial charge in [-0.25, -0.2) is 4.39 Å². The molecule has 3 heteroatoms. The van der Waals surface area contributed by atoms with E-state index in [1.54, 1.807) is 12.1 Å². The Kier molecular flexibility index (Phi) is 6.04. The summed E-state index contributed by atoms with van der Waals surface area (Å²) < 4.78 is 13.9. The van der Waals surface area contributed by atoms with Crippen molar-refractivity contribution in [3.05, 3.63) is 29.6 Å². The number of halogens is 1. The fraction of sp³-hybridized carbons (Fsp3) is 0.667. The second-order valence-corrected chi connectivity index (χ2v) is 6.52. The molecule has 0 unspecified atom stereocenters. The zero-order valence-electron chi connectivity index (χ0n) is 13.7. The zero-order chi connectivity index (χ0) is 15.2. The average molecular weight is 292 g/mol. The summed E-state index contributed by atoms with van der Waals surface area (Å²) in [5.41, 5.74) is 2.05. The molecule has 0 aliphatic heterocycles. The largest absolute Gasteiger partial charge is 0.372 e. The molecule has 0 heterocycles. The van der Waals surface area contributed by atoms with E-state index in [0.29, 0.717) is 6.04 Å². The topological polar surface area (TPSA) is 15.3 Å². The third-order valence-electron chi connectivity index (χ3n) is 4.64. The Balaban J connectivity index is 2.04. The van der Waals surface area contributed by atoms with Gasteiger partial charge in [0.05, 0.1) is 0 Å². The van der Waals surface area contributed by atoms with Crippen LogP contribution in [-0.4, -0.2) is 19.6 Å². The number of benzene rings is 1. The van der Waals surface area contributed by atoms with Gasteiger partial charge in [0, 0.05) is 25.3 Å². The van der Waals surface area contributed by atoms with Gasteiger partial charge in [-0.15, -0.1) is 0 Å². The lowest BCUT2D eigenvalue weighted by atomic mass is 9.86. The molecule has 0 saturated heterocycles. The minimum absolute atomic E-state index is 0.128. The summed E-state index contributed by atoms with van der Waals surface area (Å²) in [7, 11) is 2.11. The highest BCUT2D eigenvalue weighted by Crippen LogP contribution is 2.30. The van der Waals surface area contributed by atoms with Gasteiger partial charge >= 0.3 is 0 Å². The lowest BCUT2D eigenvalue weighted by Crippen LogP contribution is -2.35. The second-order valence-electron chi connectivity index (χ2n) is 6.52. The molecular formula is C18H29FN2. The van der Waals surface area contributed by atoms with Crippen molar-refractivity contribution in [2.45, 2.75) is 58.5 Å². The monoisotopic (exact) mass is 292 g/mol. The third-order valence-corrected chi connectivity index (χ3v) is 4.64. The molecule has 0 amide bonds. The third kappa shape index (κ3) is 4.70. The Hall–Kier alpha value is -1.09. The summed E-state index contributed by atoms with van der Waals surface area (Å²) in [6.45, 7) is 6.19. The molecule has 0 bridgehead atoms. The van der Waals surface area contributed by atoms with Crippen LogP contribution in [0.5, 0.6) is 0 Å². The number of hydrogen-bond acceptors (Lipinski definition) is 2. The van der Waals surface area contributed by atoms with Gasteiger partial charge in [0.2, 0.25) is 0 Å². The first-order valence-electron chi connectivity index (χ1n) is 8.33. The number of rotatable bonds is 6. The minimum Gasteiger partial charge on any atom is -0.372 e. The molecule has 2 rings (SSSR count). The van der Waals surface area contributed by atoms with Crippen LogP contribution in [0, 0.1) is 11.7 Å². The Morgan fingerprint density at radius 2 is 1.90 bits per heavy atom. The Morgan fingerprint density at radius 1 is 1.19 bits per heavy atom. The maximum Gasteiger partial charge on any atom is 0.125 e. The predicted octanol–water partition coefficient (Wildman–Crippen LogP) is 4.34. The number of nitrogens with one attached hydrogen (secondary N) is 1. The zero-order valence-corrected chi connectivity index (χ0v) is 13.7. The Bertz CT molecular complexity index is 439.